The van der Waals surface area contributed by atoms with Crippen LogP contribution in [0, 0.1) is 3.57 Å². The minimum atomic E-state index is -0.533. The van der Waals surface area contributed by atoms with Gasteiger partial charge in [-0.3, -0.25) is 19.3 Å². The van der Waals surface area contributed by atoms with Crippen LogP contribution < -0.4 is 19.5 Å². The number of carbonyl (C=O) groups is 3. The van der Waals surface area contributed by atoms with Crippen molar-refractivity contribution in [3.8, 4) is 17.2 Å². The quantitative estimate of drug-likeness (QED) is 0.116. The number of amides is 3. The second kappa shape index (κ2) is 14.9. The molecule has 1 fully saturated rings. The number of hydrogen-bond acceptors (Lipinski definition) is 7. The van der Waals surface area contributed by atoms with Crippen molar-refractivity contribution >= 4 is 63.2 Å². The molecule has 0 spiro atoms. The Hall–Kier alpha value is -3.77. The summed E-state index contributed by atoms with van der Waals surface area (Å²) in [6.45, 7) is 8.55. The predicted molar refractivity (Wildman–Crippen MR) is 174 cm³/mol. The van der Waals surface area contributed by atoms with Crippen molar-refractivity contribution < 1.29 is 28.6 Å². The lowest BCUT2D eigenvalue weighted by Gasteiger charge is -2.17. The Balaban J connectivity index is 1.50. The molecule has 0 radical (unpaired) electrons. The molecule has 3 aromatic rings. The van der Waals surface area contributed by atoms with Crippen LogP contribution in [0.3, 0.4) is 0 Å². The molecule has 0 saturated carbocycles. The molecule has 0 bridgehead atoms. The fourth-order valence-corrected chi connectivity index (χ4v) is 5.37. The highest BCUT2D eigenvalue weighted by Gasteiger charge is 2.36. The lowest BCUT2D eigenvalue weighted by molar-refractivity contribution is -0.127. The highest BCUT2D eigenvalue weighted by Crippen LogP contribution is 2.38. The molecule has 0 aliphatic carbocycles. The molecule has 1 heterocycles. The van der Waals surface area contributed by atoms with Crippen molar-refractivity contribution in [2.75, 3.05) is 25.1 Å². The zero-order valence-electron chi connectivity index (χ0n) is 23.4. The highest BCUT2D eigenvalue weighted by atomic mass is 127. The van der Waals surface area contributed by atoms with Gasteiger partial charge in [-0.15, -0.1) is 6.58 Å². The zero-order chi connectivity index (χ0) is 30.1. The molecule has 0 atom stereocenters. The SMILES string of the molecule is C=CCc1cc(/C=C2/SC(=O)N(CC(=O)Nc3ccc(OCC)cc3)C2=O)cc(OCC)c1OCc1ccc(I)cc1. The van der Waals surface area contributed by atoms with Gasteiger partial charge in [-0.1, -0.05) is 18.2 Å². The normalized spacial score (nSPS) is 13.8. The number of carbonyl (C=O) groups excluding carboxylic acids is 3. The van der Waals surface area contributed by atoms with Gasteiger partial charge in [-0.2, -0.15) is 0 Å². The second-order valence-electron chi connectivity index (χ2n) is 9.12. The van der Waals surface area contributed by atoms with Crippen molar-refractivity contribution in [1.82, 2.24) is 4.90 Å². The molecule has 10 heteroatoms. The Kier molecular flexibility index (Phi) is 11.1. The van der Waals surface area contributed by atoms with Gasteiger partial charge >= 0.3 is 0 Å². The number of ether oxygens (including phenoxy) is 3. The van der Waals surface area contributed by atoms with Gasteiger partial charge in [0.05, 0.1) is 18.1 Å². The Morgan fingerprint density at radius 3 is 2.38 bits per heavy atom. The van der Waals surface area contributed by atoms with Crippen LogP contribution in [0.2, 0.25) is 0 Å². The summed E-state index contributed by atoms with van der Waals surface area (Å²) in [4.78, 5) is 39.6. The van der Waals surface area contributed by atoms with Gasteiger partial charge in [0.15, 0.2) is 11.5 Å². The van der Waals surface area contributed by atoms with E-state index >= 15 is 0 Å². The van der Waals surface area contributed by atoms with E-state index < -0.39 is 23.6 Å². The summed E-state index contributed by atoms with van der Waals surface area (Å²) in [5.74, 6) is 0.799. The monoisotopic (exact) mass is 698 g/mol. The maximum atomic E-state index is 13.1. The molecule has 1 saturated heterocycles. The van der Waals surface area contributed by atoms with E-state index in [1.54, 1.807) is 42.5 Å². The number of allylic oxidation sites excluding steroid dienone is 1. The van der Waals surface area contributed by atoms with Crippen LogP contribution in [-0.4, -0.2) is 41.7 Å². The minimum Gasteiger partial charge on any atom is -0.494 e. The summed E-state index contributed by atoms with van der Waals surface area (Å²) >= 11 is 3.05. The maximum Gasteiger partial charge on any atom is 0.294 e. The van der Waals surface area contributed by atoms with Gasteiger partial charge in [0.2, 0.25) is 5.91 Å². The molecule has 8 nitrogen and oxygen atoms in total. The van der Waals surface area contributed by atoms with E-state index in [0.717, 1.165) is 31.4 Å². The van der Waals surface area contributed by atoms with Gasteiger partial charge in [0, 0.05) is 14.8 Å². The lowest BCUT2D eigenvalue weighted by Crippen LogP contribution is -2.36. The highest BCUT2D eigenvalue weighted by molar-refractivity contribution is 14.1. The van der Waals surface area contributed by atoms with Crippen molar-refractivity contribution in [2.24, 2.45) is 0 Å². The van der Waals surface area contributed by atoms with Gasteiger partial charge in [-0.05, 0) is 120 Å². The molecular formula is C32H31IN2O6S. The molecule has 1 N–H and O–H groups in total. The number of nitrogens with zero attached hydrogens (tertiary/aromatic N) is 1. The van der Waals surface area contributed by atoms with Crippen LogP contribution in [0.15, 0.2) is 78.2 Å². The number of benzene rings is 3. The largest absolute Gasteiger partial charge is 0.494 e. The van der Waals surface area contributed by atoms with E-state index in [0.29, 0.717) is 54.7 Å². The molecule has 4 rings (SSSR count). The average Bonchev–Trinajstić information content (AvgIpc) is 3.22. The third-order valence-electron chi connectivity index (χ3n) is 6.04. The van der Waals surface area contributed by atoms with Crippen molar-refractivity contribution in [3.63, 3.8) is 0 Å². The predicted octanol–water partition coefficient (Wildman–Crippen LogP) is 7.07. The smallest absolute Gasteiger partial charge is 0.294 e. The number of nitrogens with one attached hydrogen (secondary N) is 1. The molecule has 3 aromatic carbocycles. The third-order valence-corrected chi connectivity index (χ3v) is 7.66. The first kappa shape index (κ1) is 31.2. The van der Waals surface area contributed by atoms with E-state index in [4.69, 9.17) is 14.2 Å². The van der Waals surface area contributed by atoms with Crippen LogP contribution in [0.1, 0.15) is 30.5 Å². The fraction of sp³-hybridized carbons (Fsp3) is 0.219. The van der Waals surface area contributed by atoms with Crippen LogP contribution in [0.25, 0.3) is 6.08 Å². The third kappa shape index (κ3) is 8.16. The number of rotatable bonds is 13. The van der Waals surface area contributed by atoms with Gasteiger partial charge < -0.3 is 19.5 Å². The van der Waals surface area contributed by atoms with Crippen LogP contribution >= 0.6 is 34.4 Å². The molecule has 0 unspecified atom stereocenters. The first-order valence-electron chi connectivity index (χ1n) is 13.4. The first-order valence-corrected chi connectivity index (χ1v) is 15.3. The van der Waals surface area contributed by atoms with E-state index in [1.807, 2.05) is 44.2 Å². The van der Waals surface area contributed by atoms with E-state index in [2.05, 4.69) is 34.5 Å². The Labute approximate surface area is 263 Å². The van der Waals surface area contributed by atoms with E-state index in [9.17, 15) is 14.4 Å². The Morgan fingerprint density at radius 1 is 1.00 bits per heavy atom. The number of thioether (sulfide) groups is 1. The Bertz CT molecular complexity index is 1490. The average molecular weight is 699 g/mol. The first-order chi connectivity index (χ1) is 20.3. The number of anilines is 1. The summed E-state index contributed by atoms with van der Waals surface area (Å²) in [6.07, 6.45) is 3.91. The molecule has 218 valence electrons. The van der Waals surface area contributed by atoms with Crippen molar-refractivity contribution in [1.29, 1.82) is 0 Å². The molecular weight excluding hydrogens is 667 g/mol. The van der Waals surface area contributed by atoms with Crippen molar-refractivity contribution in [3.05, 3.63) is 98.5 Å². The van der Waals surface area contributed by atoms with Gasteiger partial charge in [0.25, 0.3) is 11.1 Å². The second-order valence-corrected chi connectivity index (χ2v) is 11.4. The minimum absolute atomic E-state index is 0.216. The summed E-state index contributed by atoms with van der Waals surface area (Å²) < 4.78 is 18.7. The van der Waals surface area contributed by atoms with Crippen LogP contribution in [-0.2, 0) is 22.6 Å². The lowest BCUT2D eigenvalue weighted by atomic mass is 10.0. The zero-order valence-corrected chi connectivity index (χ0v) is 26.3. The molecule has 0 aromatic heterocycles. The summed E-state index contributed by atoms with van der Waals surface area (Å²) in [6, 6.07) is 18.6. The summed E-state index contributed by atoms with van der Waals surface area (Å²) in [5, 5.41) is 2.20. The van der Waals surface area contributed by atoms with Crippen molar-refractivity contribution in [2.45, 2.75) is 26.9 Å². The molecule has 42 heavy (non-hydrogen) atoms. The van der Waals surface area contributed by atoms with E-state index in [1.165, 1.54) is 0 Å². The standard InChI is InChI=1S/C32H31IN2O6S/c1-4-7-23-16-22(17-27(40-6-3)30(23)41-20-21-8-10-24(33)11-9-21)18-28-31(37)35(32(38)42-28)19-29(36)34-25-12-14-26(15-13-25)39-5-2/h4,8-18H,1,5-7,19-20H2,2-3H3,(H,34,36)/b28-18+. The fourth-order valence-electron chi connectivity index (χ4n) is 4.17. The van der Waals surface area contributed by atoms with Crippen LogP contribution in [0.4, 0.5) is 10.5 Å². The number of halogens is 1. The summed E-state index contributed by atoms with van der Waals surface area (Å²) in [5.41, 5.74) is 3.06. The molecule has 1 aliphatic rings. The van der Waals surface area contributed by atoms with E-state index in [-0.39, 0.29) is 4.91 Å². The van der Waals surface area contributed by atoms with Crippen LogP contribution in [0.5, 0.6) is 17.2 Å². The Morgan fingerprint density at radius 2 is 1.71 bits per heavy atom. The molecule has 1 aliphatic heterocycles. The molecule has 3 amide bonds. The summed E-state index contributed by atoms with van der Waals surface area (Å²) in [7, 11) is 0. The van der Waals surface area contributed by atoms with Gasteiger partial charge in [-0.25, -0.2) is 0 Å². The van der Waals surface area contributed by atoms with Gasteiger partial charge in [0.1, 0.15) is 18.9 Å². The maximum absolute atomic E-state index is 13.1. The number of imide groups is 1. The number of hydrogen-bond donors (Lipinski definition) is 1. The topological polar surface area (TPSA) is 94.2 Å².